The highest BCUT2D eigenvalue weighted by Crippen LogP contribution is 2.42. The smallest absolute Gasteiger partial charge is 0.425 e. The molecule has 130 valence electrons. The molecule has 0 spiro atoms. The summed E-state index contributed by atoms with van der Waals surface area (Å²) in [5.41, 5.74) is -3.37. The molecule has 2 aromatic heterocycles. The fourth-order valence-electron chi connectivity index (χ4n) is 2.69. The molecule has 0 aromatic carbocycles. The van der Waals surface area contributed by atoms with Crippen LogP contribution >= 0.6 is 0 Å². The van der Waals surface area contributed by atoms with E-state index in [0.29, 0.717) is 18.2 Å². The second-order valence-corrected chi connectivity index (χ2v) is 5.64. The lowest BCUT2D eigenvalue weighted by Gasteiger charge is -2.32. The zero-order valence-corrected chi connectivity index (χ0v) is 12.7. The van der Waals surface area contributed by atoms with E-state index in [9.17, 15) is 23.1 Å². The summed E-state index contributed by atoms with van der Waals surface area (Å²) in [4.78, 5) is 13.6. The van der Waals surface area contributed by atoms with E-state index in [1.165, 1.54) is 11.0 Å². The third-order valence-corrected chi connectivity index (χ3v) is 4.10. The van der Waals surface area contributed by atoms with Crippen LogP contribution in [0.4, 0.5) is 13.2 Å². The van der Waals surface area contributed by atoms with Crippen LogP contribution in [0.5, 0.6) is 0 Å². The normalized spacial score (nSPS) is 17.5. The maximum absolute atomic E-state index is 13.3. The summed E-state index contributed by atoms with van der Waals surface area (Å²) >= 11 is 0. The highest BCUT2D eigenvalue weighted by atomic mass is 19.4. The van der Waals surface area contributed by atoms with E-state index >= 15 is 0 Å². The molecular weight excluding hydrogens is 329 g/mol. The lowest BCUT2D eigenvalue weighted by atomic mass is 9.94. The van der Waals surface area contributed by atoms with Crippen molar-refractivity contribution in [2.45, 2.75) is 38.2 Å². The molecule has 0 radical (unpaired) electrons. The summed E-state index contributed by atoms with van der Waals surface area (Å²) in [6.45, 7) is 2.42. The number of rotatable bonds is 3. The topological polar surface area (TPSA) is 84.4 Å². The summed E-state index contributed by atoms with van der Waals surface area (Å²) in [6.07, 6.45) is -5.19. The minimum Gasteiger partial charge on any atom is -0.466 e. The SMILES string of the molecule is Cc1nnc2n1CCN(C(=O)C[C@](O)(c1ccco1)C(F)(F)F)C2. The molecule has 0 bridgehead atoms. The Balaban J connectivity index is 1.80. The molecule has 3 heterocycles. The number of nitrogens with zero attached hydrogens (tertiary/aromatic N) is 4. The van der Waals surface area contributed by atoms with E-state index in [0.717, 1.165) is 12.3 Å². The standard InChI is InChI=1S/C14H15F3N4O3/c1-9-18-19-11-8-20(4-5-21(9)11)12(22)7-13(23,14(15,16)17)10-3-2-6-24-10/h2-3,6,23H,4-5,7-8H2,1H3/t13-/m0/s1. The maximum Gasteiger partial charge on any atom is 0.425 e. The lowest BCUT2D eigenvalue weighted by molar-refractivity contribution is -0.274. The minimum absolute atomic E-state index is 0.0474. The summed E-state index contributed by atoms with van der Waals surface area (Å²) < 4.78 is 46.5. The third kappa shape index (κ3) is 2.66. The van der Waals surface area contributed by atoms with Crippen molar-refractivity contribution in [2.75, 3.05) is 6.54 Å². The molecule has 24 heavy (non-hydrogen) atoms. The van der Waals surface area contributed by atoms with Crippen LogP contribution in [-0.4, -0.2) is 43.4 Å². The van der Waals surface area contributed by atoms with E-state index in [2.05, 4.69) is 10.2 Å². The van der Waals surface area contributed by atoms with Crippen molar-refractivity contribution in [1.82, 2.24) is 19.7 Å². The molecule has 1 aliphatic rings. The molecule has 1 atom stereocenters. The zero-order valence-electron chi connectivity index (χ0n) is 12.7. The molecule has 0 saturated carbocycles. The van der Waals surface area contributed by atoms with E-state index in [-0.39, 0.29) is 13.1 Å². The van der Waals surface area contributed by atoms with Gasteiger partial charge in [-0.15, -0.1) is 10.2 Å². The first kappa shape index (κ1) is 16.5. The minimum atomic E-state index is -5.05. The predicted octanol–water partition coefficient (Wildman–Crippen LogP) is 1.36. The van der Waals surface area contributed by atoms with Crippen LogP contribution in [0.15, 0.2) is 22.8 Å². The first-order valence-electron chi connectivity index (χ1n) is 7.22. The second kappa shape index (κ2) is 5.62. The summed E-state index contributed by atoms with van der Waals surface area (Å²) in [7, 11) is 0. The molecule has 0 fully saturated rings. The van der Waals surface area contributed by atoms with Gasteiger partial charge < -0.3 is 19.0 Å². The summed E-state index contributed by atoms with van der Waals surface area (Å²) in [5.74, 6) is -0.363. The van der Waals surface area contributed by atoms with Crippen molar-refractivity contribution >= 4 is 5.91 Å². The Kier molecular flexibility index (Phi) is 3.86. The van der Waals surface area contributed by atoms with Gasteiger partial charge >= 0.3 is 6.18 Å². The Morgan fingerprint density at radius 2 is 2.12 bits per heavy atom. The van der Waals surface area contributed by atoms with Gasteiger partial charge in [0.15, 0.2) is 5.82 Å². The van der Waals surface area contributed by atoms with Crippen molar-refractivity contribution in [3.05, 3.63) is 35.8 Å². The molecular formula is C14H15F3N4O3. The number of aromatic nitrogens is 3. The van der Waals surface area contributed by atoms with Crippen molar-refractivity contribution in [3.63, 3.8) is 0 Å². The number of carbonyl (C=O) groups is 1. The number of hydrogen-bond donors (Lipinski definition) is 1. The van der Waals surface area contributed by atoms with E-state index in [1.807, 2.05) is 0 Å². The predicted molar refractivity (Wildman–Crippen MR) is 73.5 cm³/mol. The number of halogens is 3. The molecule has 1 aliphatic heterocycles. The molecule has 1 N–H and O–H groups in total. The van der Waals surface area contributed by atoms with Gasteiger partial charge in [0.05, 0.1) is 19.2 Å². The van der Waals surface area contributed by atoms with E-state index in [4.69, 9.17) is 4.42 Å². The molecule has 3 rings (SSSR count). The second-order valence-electron chi connectivity index (χ2n) is 5.64. The highest BCUT2D eigenvalue weighted by Gasteiger charge is 2.58. The monoisotopic (exact) mass is 344 g/mol. The third-order valence-electron chi connectivity index (χ3n) is 4.10. The van der Waals surface area contributed by atoms with Crippen LogP contribution in [-0.2, 0) is 23.5 Å². The van der Waals surface area contributed by atoms with Crippen LogP contribution in [0.25, 0.3) is 0 Å². The fourth-order valence-corrected chi connectivity index (χ4v) is 2.69. The Hall–Kier alpha value is -2.36. The molecule has 1 amide bonds. The lowest BCUT2D eigenvalue weighted by Crippen LogP contribution is -2.48. The molecule has 0 aliphatic carbocycles. The first-order chi connectivity index (χ1) is 11.2. The highest BCUT2D eigenvalue weighted by molar-refractivity contribution is 5.77. The van der Waals surface area contributed by atoms with Crippen LogP contribution in [0.1, 0.15) is 23.8 Å². The Labute approximate surface area is 134 Å². The number of amides is 1. The van der Waals surface area contributed by atoms with Gasteiger partial charge in [0.2, 0.25) is 11.5 Å². The van der Waals surface area contributed by atoms with Gasteiger partial charge in [-0.1, -0.05) is 0 Å². The Morgan fingerprint density at radius 3 is 2.75 bits per heavy atom. The quantitative estimate of drug-likeness (QED) is 0.909. The van der Waals surface area contributed by atoms with Gasteiger partial charge in [-0.25, -0.2) is 0 Å². The first-order valence-corrected chi connectivity index (χ1v) is 7.22. The molecule has 2 aromatic rings. The Bertz CT molecular complexity index is 741. The van der Waals surface area contributed by atoms with Crippen LogP contribution in [0, 0.1) is 6.92 Å². The fraction of sp³-hybridized carbons (Fsp3) is 0.500. The maximum atomic E-state index is 13.3. The molecule has 0 saturated heterocycles. The molecule has 7 nitrogen and oxygen atoms in total. The van der Waals surface area contributed by atoms with Gasteiger partial charge in [0.25, 0.3) is 0 Å². The van der Waals surface area contributed by atoms with Crippen molar-refractivity contribution in [3.8, 4) is 0 Å². The number of furan rings is 1. The zero-order chi connectivity index (χ0) is 17.5. The van der Waals surface area contributed by atoms with Gasteiger partial charge in [-0.3, -0.25) is 4.79 Å². The van der Waals surface area contributed by atoms with Crippen molar-refractivity contribution in [2.24, 2.45) is 0 Å². The Morgan fingerprint density at radius 1 is 1.38 bits per heavy atom. The number of aryl methyl sites for hydroxylation is 1. The number of hydrogen-bond acceptors (Lipinski definition) is 5. The van der Waals surface area contributed by atoms with Crippen molar-refractivity contribution < 1.29 is 27.5 Å². The van der Waals surface area contributed by atoms with Crippen molar-refractivity contribution in [1.29, 1.82) is 0 Å². The molecule has 10 heteroatoms. The molecule has 0 unspecified atom stereocenters. The summed E-state index contributed by atoms with van der Waals surface area (Å²) in [5, 5.41) is 17.9. The van der Waals surface area contributed by atoms with Gasteiger partial charge in [0, 0.05) is 13.1 Å². The number of aliphatic hydroxyl groups is 1. The van der Waals surface area contributed by atoms with Crippen LogP contribution in [0.3, 0.4) is 0 Å². The number of alkyl halides is 3. The number of fused-ring (bicyclic) bond motifs is 1. The van der Waals surface area contributed by atoms with Gasteiger partial charge in [-0.05, 0) is 19.1 Å². The van der Waals surface area contributed by atoms with Gasteiger partial charge in [-0.2, -0.15) is 13.2 Å². The average molecular weight is 344 g/mol. The van der Waals surface area contributed by atoms with E-state index in [1.54, 1.807) is 11.5 Å². The van der Waals surface area contributed by atoms with Crippen LogP contribution < -0.4 is 0 Å². The van der Waals surface area contributed by atoms with Crippen LogP contribution in [0.2, 0.25) is 0 Å². The summed E-state index contributed by atoms with van der Waals surface area (Å²) in [6, 6.07) is 2.22. The van der Waals surface area contributed by atoms with Gasteiger partial charge in [0.1, 0.15) is 11.6 Å². The average Bonchev–Trinajstić information content (AvgIpc) is 3.16. The number of carbonyl (C=O) groups excluding carboxylic acids is 1. The largest absolute Gasteiger partial charge is 0.466 e. The van der Waals surface area contributed by atoms with E-state index < -0.39 is 29.9 Å².